The molecule has 1 rings (SSSR count). The molecule has 1 N–H and O–H groups in total. The van der Waals surface area contributed by atoms with Crippen LogP contribution in [0.15, 0.2) is 24.3 Å². The topological polar surface area (TPSA) is 37.3 Å². The third-order valence-corrected chi connectivity index (χ3v) is 6.57. The third kappa shape index (κ3) is 3.20. The van der Waals surface area contributed by atoms with Crippen molar-refractivity contribution >= 4 is 19.2 Å². The Labute approximate surface area is 98.3 Å². The van der Waals surface area contributed by atoms with Gasteiger partial charge in [0.2, 0.25) is 0 Å². The van der Waals surface area contributed by atoms with E-state index in [4.69, 9.17) is 5.11 Å². The fraction of sp³-hybridized carbons (Fsp3) is 0.462. The molecule has 0 heterocycles. The van der Waals surface area contributed by atoms with Crippen LogP contribution in [-0.2, 0) is 0 Å². The molecule has 0 aliphatic rings. The highest BCUT2D eigenvalue weighted by Gasteiger charge is 2.22. The van der Waals surface area contributed by atoms with Gasteiger partial charge in [-0.05, 0) is 12.1 Å². The van der Waals surface area contributed by atoms with Gasteiger partial charge in [0.25, 0.3) is 0 Å². The van der Waals surface area contributed by atoms with Gasteiger partial charge in [0.1, 0.15) is 0 Å². The maximum atomic E-state index is 10.7. The van der Waals surface area contributed by atoms with Crippen molar-refractivity contribution in [3.05, 3.63) is 29.8 Å². The Kier molecular flexibility index (Phi) is 4.30. The molecule has 0 amide bonds. The lowest BCUT2D eigenvalue weighted by Crippen LogP contribution is -2.40. The number of hydrogen-bond acceptors (Lipinski definition) is 1. The van der Waals surface area contributed by atoms with Crippen molar-refractivity contribution in [1.29, 1.82) is 0 Å². The average Bonchev–Trinajstić information content (AvgIpc) is 2.26. The van der Waals surface area contributed by atoms with E-state index in [0.717, 1.165) is 0 Å². The predicted molar refractivity (Wildman–Crippen MR) is 70.2 cm³/mol. The first-order valence-corrected chi connectivity index (χ1v) is 9.02. The van der Waals surface area contributed by atoms with Crippen molar-refractivity contribution < 1.29 is 9.90 Å². The Bertz CT molecular complexity index is 355. The molecule has 0 aliphatic carbocycles. The van der Waals surface area contributed by atoms with E-state index in [1.54, 1.807) is 12.1 Å². The van der Waals surface area contributed by atoms with E-state index in [1.165, 1.54) is 24.1 Å². The smallest absolute Gasteiger partial charge is 0.335 e. The van der Waals surface area contributed by atoms with Crippen molar-refractivity contribution in [2.45, 2.75) is 38.9 Å². The summed E-state index contributed by atoms with van der Waals surface area (Å²) in [4.78, 5) is 10.7. The lowest BCUT2D eigenvalue weighted by Gasteiger charge is -2.22. The van der Waals surface area contributed by atoms with Gasteiger partial charge < -0.3 is 5.11 Å². The molecule has 1 aromatic carbocycles. The molecule has 0 saturated carbocycles. The molecular weight excluding hydrogens is 216 g/mol. The Hall–Kier alpha value is -1.09. The van der Waals surface area contributed by atoms with E-state index in [2.05, 4.69) is 20.0 Å². The Morgan fingerprint density at radius 3 is 2.25 bits per heavy atom. The third-order valence-electron chi connectivity index (χ3n) is 3.07. The van der Waals surface area contributed by atoms with E-state index in [-0.39, 0.29) is 0 Å². The molecule has 0 fully saturated rings. The largest absolute Gasteiger partial charge is 0.478 e. The van der Waals surface area contributed by atoms with Gasteiger partial charge in [-0.1, -0.05) is 56.2 Å². The minimum Gasteiger partial charge on any atom is -0.478 e. The first-order valence-electron chi connectivity index (χ1n) is 5.81. The van der Waals surface area contributed by atoms with Crippen LogP contribution < -0.4 is 5.19 Å². The summed E-state index contributed by atoms with van der Waals surface area (Å²) in [6.07, 6.45) is 2.49. The van der Waals surface area contributed by atoms with Crippen LogP contribution in [0.3, 0.4) is 0 Å². The minimum atomic E-state index is -1.35. The molecule has 0 spiro atoms. The summed E-state index contributed by atoms with van der Waals surface area (Å²) < 4.78 is 0. The van der Waals surface area contributed by atoms with Crippen LogP contribution in [0, 0.1) is 0 Å². The highest BCUT2D eigenvalue weighted by molar-refractivity contribution is 6.89. The van der Waals surface area contributed by atoms with E-state index in [1.807, 2.05) is 12.1 Å². The van der Waals surface area contributed by atoms with Crippen molar-refractivity contribution in [3.63, 3.8) is 0 Å². The fourth-order valence-electron chi connectivity index (χ4n) is 1.83. The molecule has 1 aromatic rings. The molecule has 0 atom stereocenters. The van der Waals surface area contributed by atoms with Crippen LogP contribution in [0.5, 0.6) is 0 Å². The van der Waals surface area contributed by atoms with E-state index < -0.39 is 14.0 Å². The standard InChI is InChI=1S/C13H20O2Si/c1-4-5-10-16(2,3)12-8-6-11(7-9-12)13(14)15/h6-9H,4-5,10H2,1-3H3,(H,14,15). The van der Waals surface area contributed by atoms with Crippen molar-refractivity contribution in [3.8, 4) is 0 Å². The maximum Gasteiger partial charge on any atom is 0.335 e. The zero-order valence-electron chi connectivity index (χ0n) is 10.3. The van der Waals surface area contributed by atoms with Gasteiger partial charge in [0.05, 0.1) is 13.6 Å². The second-order valence-electron chi connectivity index (χ2n) is 4.87. The zero-order chi connectivity index (χ0) is 12.2. The number of carboxylic acids is 1. The summed E-state index contributed by atoms with van der Waals surface area (Å²) in [5.41, 5.74) is 0.379. The normalized spacial score (nSPS) is 11.4. The molecule has 88 valence electrons. The summed E-state index contributed by atoms with van der Waals surface area (Å²) in [5.74, 6) is -0.848. The zero-order valence-corrected chi connectivity index (χ0v) is 11.3. The summed E-state index contributed by atoms with van der Waals surface area (Å²) in [6.45, 7) is 6.90. The second kappa shape index (κ2) is 5.30. The fourth-order valence-corrected chi connectivity index (χ4v) is 4.42. The van der Waals surface area contributed by atoms with E-state index >= 15 is 0 Å². The van der Waals surface area contributed by atoms with Crippen molar-refractivity contribution in [2.24, 2.45) is 0 Å². The van der Waals surface area contributed by atoms with Crippen LogP contribution in [0.25, 0.3) is 0 Å². The number of carboxylic acid groups (broad SMARTS) is 1. The number of unbranched alkanes of at least 4 members (excludes halogenated alkanes) is 1. The van der Waals surface area contributed by atoms with Crippen LogP contribution >= 0.6 is 0 Å². The molecule has 0 aromatic heterocycles. The first-order chi connectivity index (χ1) is 7.47. The van der Waals surface area contributed by atoms with Gasteiger partial charge in [-0.15, -0.1) is 0 Å². The Balaban J connectivity index is 2.83. The molecule has 16 heavy (non-hydrogen) atoms. The molecule has 0 radical (unpaired) electrons. The van der Waals surface area contributed by atoms with Crippen LogP contribution in [0.4, 0.5) is 0 Å². The lowest BCUT2D eigenvalue weighted by molar-refractivity contribution is 0.0697. The molecule has 2 nitrogen and oxygen atoms in total. The highest BCUT2D eigenvalue weighted by Crippen LogP contribution is 2.14. The second-order valence-corrected chi connectivity index (χ2v) is 9.72. The van der Waals surface area contributed by atoms with Crippen LogP contribution in [-0.4, -0.2) is 19.1 Å². The lowest BCUT2D eigenvalue weighted by atomic mass is 10.2. The van der Waals surface area contributed by atoms with E-state index in [0.29, 0.717) is 5.56 Å². The maximum absolute atomic E-state index is 10.7. The number of benzene rings is 1. The van der Waals surface area contributed by atoms with Gasteiger partial charge in [0, 0.05) is 0 Å². The monoisotopic (exact) mass is 236 g/mol. The summed E-state index contributed by atoms with van der Waals surface area (Å²) in [7, 11) is -1.35. The minimum absolute atomic E-state index is 0.379. The van der Waals surface area contributed by atoms with Crippen LogP contribution in [0.2, 0.25) is 19.1 Å². The van der Waals surface area contributed by atoms with Gasteiger partial charge in [-0.25, -0.2) is 4.79 Å². The van der Waals surface area contributed by atoms with Crippen molar-refractivity contribution in [2.75, 3.05) is 0 Å². The summed E-state index contributed by atoms with van der Waals surface area (Å²) in [6, 6.07) is 8.70. The number of carbonyl (C=O) groups is 1. The van der Waals surface area contributed by atoms with Crippen molar-refractivity contribution in [1.82, 2.24) is 0 Å². The number of aromatic carboxylic acids is 1. The Morgan fingerprint density at radius 2 is 1.81 bits per heavy atom. The quantitative estimate of drug-likeness (QED) is 0.798. The average molecular weight is 236 g/mol. The predicted octanol–water partition coefficient (Wildman–Crippen LogP) is 3.10. The Morgan fingerprint density at radius 1 is 1.25 bits per heavy atom. The van der Waals surface area contributed by atoms with Gasteiger partial charge in [-0.2, -0.15) is 0 Å². The van der Waals surface area contributed by atoms with Gasteiger partial charge in [-0.3, -0.25) is 0 Å². The molecule has 0 unspecified atom stereocenters. The molecule has 3 heteroatoms. The van der Waals surface area contributed by atoms with Crippen LogP contribution in [0.1, 0.15) is 30.1 Å². The molecular formula is C13H20O2Si. The molecule has 0 bridgehead atoms. The van der Waals surface area contributed by atoms with Gasteiger partial charge in [0.15, 0.2) is 0 Å². The number of hydrogen-bond donors (Lipinski definition) is 1. The SMILES string of the molecule is CCCC[Si](C)(C)c1ccc(C(=O)O)cc1. The van der Waals surface area contributed by atoms with E-state index in [9.17, 15) is 4.79 Å². The summed E-state index contributed by atoms with van der Waals surface area (Å²) >= 11 is 0. The van der Waals surface area contributed by atoms with Gasteiger partial charge >= 0.3 is 5.97 Å². The number of rotatable bonds is 5. The summed E-state index contributed by atoms with van der Waals surface area (Å²) in [5, 5.41) is 10.2. The molecule has 0 aliphatic heterocycles. The highest BCUT2D eigenvalue weighted by atomic mass is 28.3. The first kappa shape index (κ1) is 13.0. The molecule has 0 saturated heterocycles.